The van der Waals surface area contributed by atoms with Crippen molar-refractivity contribution in [1.29, 1.82) is 0 Å². The van der Waals surface area contributed by atoms with Crippen LogP contribution in [-0.4, -0.2) is 18.8 Å². The van der Waals surface area contributed by atoms with E-state index in [1.54, 1.807) is 0 Å². The largest absolute Gasteiger partial charge is 0.389 e. The van der Waals surface area contributed by atoms with Crippen molar-refractivity contribution in [2.45, 2.75) is 59.2 Å². The second kappa shape index (κ2) is 5.73. The summed E-state index contributed by atoms with van der Waals surface area (Å²) >= 11 is 0. The number of alkyl halides is 3. The molecule has 1 unspecified atom stereocenters. The van der Waals surface area contributed by atoms with Crippen LogP contribution in [0.2, 0.25) is 0 Å². The van der Waals surface area contributed by atoms with E-state index >= 15 is 0 Å². The average molecular weight is 225 g/mol. The lowest BCUT2D eigenvalue weighted by molar-refractivity contribution is -0.137. The Labute approximate surface area is 90.4 Å². The molecule has 15 heavy (non-hydrogen) atoms. The van der Waals surface area contributed by atoms with E-state index in [-0.39, 0.29) is 17.9 Å². The molecule has 0 saturated carbocycles. The monoisotopic (exact) mass is 225 g/mol. The van der Waals surface area contributed by atoms with Crippen molar-refractivity contribution in [3.05, 3.63) is 0 Å². The van der Waals surface area contributed by atoms with E-state index in [2.05, 4.69) is 5.32 Å². The molecule has 0 aliphatic carbocycles. The van der Waals surface area contributed by atoms with Crippen molar-refractivity contribution in [1.82, 2.24) is 5.32 Å². The summed E-state index contributed by atoms with van der Waals surface area (Å²) in [4.78, 5) is 0. The van der Waals surface area contributed by atoms with Crippen molar-refractivity contribution < 1.29 is 13.2 Å². The van der Waals surface area contributed by atoms with E-state index in [1.807, 2.05) is 27.7 Å². The van der Waals surface area contributed by atoms with Gasteiger partial charge in [0.05, 0.1) is 0 Å². The standard InChI is InChI=1S/C11H22F3N/c1-5-15-9(8-10(2,3)4)6-7-11(12,13)14/h9,15H,5-8H2,1-4H3. The maximum atomic E-state index is 12.1. The van der Waals surface area contributed by atoms with Gasteiger partial charge in [-0.2, -0.15) is 13.2 Å². The molecule has 0 radical (unpaired) electrons. The van der Waals surface area contributed by atoms with Crippen molar-refractivity contribution in [2.75, 3.05) is 6.54 Å². The second-order valence-electron chi connectivity index (χ2n) is 5.17. The fourth-order valence-corrected chi connectivity index (χ4v) is 1.64. The summed E-state index contributed by atoms with van der Waals surface area (Å²) in [6, 6.07) is -0.0309. The maximum Gasteiger partial charge on any atom is 0.389 e. The summed E-state index contributed by atoms with van der Waals surface area (Å²) in [5.74, 6) is 0. The lowest BCUT2D eigenvalue weighted by Gasteiger charge is -2.27. The molecule has 0 heterocycles. The summed E-state index contributed by atoms with van der Waals surface area (Å²) in [6.45, 7) is 8.78. The third-order valence-electron chi connectivity index (χ3n) is 2.13. The van der Waals surface area contributed by atoms with Crippen LogP contribution in [0.15, 0.2) is 0 Å². The van der Waals surface area contributed by atoms with Crippen LogP contribution in [0, 0.1) is 5.41 Å². The lowest BCUT2D eigenvalue weighted by atomic mass is 9.86. The molecule has 92 valence electrons. The van der Waals surface area contributed by atoms with Gasteiger partial charge in [0.15, 0.2) is 0 Å². The Morgan fingerprint density at radius 2 is 1.67 bits per heavy atom. The van der Waals surface area contributed by atoms with Crippen LogP contribution >= 0.6 is 0 Å². The minimum absolute atomic E-state index is 0.0309. The molecule has 0 aromatic heterocycles. The van der Waals surface area contributed by atoms with E-state index in [0.717, 1.165) is 13.0 Å². The first-order chi connectivity index (χ1) is 6.64. The molecule has 0 fully saturated rings. The first-order valence-electron chi connectivity index (χ1n) is 5.44. The van der Waals surface area contributed by atoms with Crippen LogP contribution in [0.3, 0.4) is 0 Å². The highest BCUT2D eigenvalue weighted by Crippen LogP contribution is 2.27. The Bertz CT molecular complexity index is 170. The van der Waals surface area contributed by atoms with Gasteiger partial charge in [0.25, 0.3) is 0 Å². The van der Waals surface area contributed by atoms with Gasteiger partial charge < -0.3 is 5.32 Å². The minimum atomic E-state index is -4.04. The van der Waals surface area contributed by atoms with E-state index < -0.39 is 12.6 Å². The zero-order chi connectivity index (χ0) is 12.1. The molecule has 0 spiro atoms. The fraction of sp³-hybridized carbons (Fsp3) is 1.00. The third kappa shape index (κ3) is 10.0. The molecule has 4 heteroatoms. The smallest absolute Gasteiger partial charge is 0.314 e. The van der Waals surface area contributed by atoms with E-state index in [9.17, 15) is 13.2 Å². The van der Waals surface area contributed by atoms with Gasteiger partial charge in [-0.25, -0.2) is 0 Å². The zero-order valence-corrected chi connectivity index (χ0v) is 10.0. The van der Waals surface area contributed by atoms with Gasteiger partial charge in [0.1, 0.15) is 0 Å². The molecule has 0 amide bonds. The van der Waals surface area contributed by atoms with Gasteiger partial charge >= 0.3 is 6.18 Å². The molecule has 1 nitrogen and oxygen atoms in total. The maximum absolute atomic E-state index is 12.1. The SMILES string of the molecule is CCNC(CCC(F)(F)F)CC(C)(C)C. The van der Waals surface area contributed by atoms with Crippen molar-refractivity contribution in [3.8, 4) is 0 Å². The van der Waals surface area contributed by atoms with Gasteiger partial charge in [-0.15, -0.1) is 0 Å². The number of hydrogen-bond acceptors (Lipinski definition) is 1. The molecule has 1 N–H and O–H groups in total. The molecule has 0 rings (SSSR count). The minimum Gasteiger partial charge on any atom is -0.314 e. The first kappa shape index (κ1) is 14.8. The second-order valence-corrected chi connectivity index (χ2v) is 5.17. The van der Waals surface area contributed by atoms with Crippen LogP contribution in [0.5, 0.6) is 0 Å². The van der Waals surface area contributed by atoms with Crippen LogP contribution < -0.4 is 5.32 Å². The summed E-state index contributed by atoms with van der Waals surface area (Å²) in [7, 11) is 0. The quantitative estimate of drug-likeness (QED) is 0.751. The normalized spacial score (nSPS) is 15.4. The first-order valence-corrected chi connectivity index (χ1v) is 5.44. The number of nitrogens with one attached hydrogen (secondary N) is 1. The Morgan fingerprint density at radius 1 is 1.13 bits per heavy atom. The van der Waals surface area contributed by atoms with Crippen molar-refractivity contribution in [3.63, 3.8) is 0 Å². The van der Waals surface area contributed by atoms with Crippen LogP contribution in [-0.2, 0) is 0 Å². The molecule has 0 saturated heterocycles. The Hall–Kier alpha value is -0.250. The Balaban J connectivity index is 4.05. The Morgan fingerprint density at radius 3 is 2.00 bits per heavy atom. The average Bonchev–Trinajstić information content (AvgIpc) is 1.96. The van der Waals surface area contributed by atoms with Crippen molar-refractivity contribution >= 4 is 0 Å². The van der Waals surface area contributed by atoms with Gasteiger partial charge in [-0.3, -0.25) is 0 Å². The van der Waals surface area contributed by atoms with Gasteiger partial charge in [0.2, 0.25) is 0 Å². The number of hydrogen-bond donors (Lipinski definition) is 1. The van der Waals surface area contributed by atoms with E-state index in [4.69, 9.17) is 0 Å². The van der Waals surface area contributed by atoms with Crippen LogP contribution in [0.25, 0.3) is 0 Å². The highest BCUT2D eigenvalue weighted by molar-refractivity contribution is 4.75. The molecule has 0 bridgehead atoms. The lowest BCUT2D eigenvalue weighted by Crippen LogP contribution is -2.33. The predicted octanol–water partition coefficient (Wildman–Crippen LogP) is 3.74. The highest BCUT2D eigenvalue weighted by Gasteiger charge is 2.29. The van der Waals surface area contributed by atoms with Gasteiger partial charge in [0, 0.05) is 12.5 Å². The zero-order valence-electron chi connectivity index (χ0n) is 10.0. The topological polar surface area (TPSA) is 12.0 Å². The molecule has 0 aromatic rings. The molecular formula is C11H22F3N. The van der Waals surface area contributed by atoms with Crippen molar-refractivity contribution in [2.24, 2.45) is 5.41 Å². The third-order valence-corrected chi connectivity index (χ3v) is 2.13. The van der Waals surface area contributed by atoms with Gasteiger partial charge in [-0.05, 0) is 24.8 Å². The van der Waals surface area contributed by atoms with E-state index in [1.165, 1.54) is 0 Å². The summed E-state index contributed by atoms with van der Waals surface area (Å²) in [5.41, 5.74) is 0.0679. The van der Waals surface area contributed by atoms with E-state index in [0.29, 0.717) is 0 Å². The summed E-state index contributed by atoms with van der Waals surface area (Å²) < 4.78 is 36.2. The van der Waals surface area contributed by atoms with Crippen LogP contribution in [0.4, 0.5) is 13.2 Å². The van der Waals surface area contributed by atoms with Crippen LogP contribution in [0.1, 0.15) is 47.0 Å². The molecule has 0 aliphatic heterocycles. The molecule has 0 aliphatic rings. The summed E-state index contributed by atoms with van der Waals surface area (Å²) in [5, 5.41) is 3.11. The van der Waals surface area contributed by atoms with Gasteiger partial charge in [-0.1, -0.05) is 27.7 Å². The molecular weight excluding hydrogens is 203 g/mol. The predicted molar refractivity (Wildman–Crippen MR) is 56.8 cm³/mol. The molecule has 0 aromatic carbocycles. The number of halogens is 3. The molecule has 1 atom stereocenters. The summed E-state index contributed by atoms with van der Waals surface area (Å²) in [6.07, 6.45) is -3.78. The highest BCUT2D eigenvalue weighted by atomic mass is 19.4. The fourth-order valence-electron chi connectivity index (χ4n) is 1.64. The number of rotatable bonds is 5. The Kier molecular flexibility index (Phi) is 5.63.